The van der Waals surface area contributed by atoms with Crippen LogP contribution in [0.3, 0.4) is 0 Å². The lowest BCUT2D eigenvalue weighted by atomic mass is 10.1. The monoisotopic (exact) mass is 511 g/mol. The number of thiazole rings is 2. The van der Waals surface area contributed by atoms with Gasteiger partial charge in [0.1, 0.15) is 11.3 Å². The number of nitrogens with zero attached hydrogens (tertiary/aromatic N) is 4. The summed E-state index contributed by atoms with van der Waals surface area (Å²) >= 11 is 3.00. The van der Waals surface area contributed by atoms with E-state index in [-0.39, 0.29) is 5.91 Å². The Balaban J connectivity index is 1.54. The second-order valence-corrected chi connectivity index (χ2v) is 10.1. The fourth-order valence-electron chi connectivity index (χ4n) is 3.57. The van der Waals surface area contributed by atoms with E-state index in [4.69, 9.17) is 14.5 Å². The van der Waals surface area contributed by atoms with E-state index in [2.05, 4.69) is 15.2 Å². The van der Waals surface area contributed by atoms with Crippen molar-refractivity contribution in [1.29, 1.82) is 0 Å². The van der Waals surface area contributed by atoms with E-state index in [9.17, 15) is 4.79 Å². The molecular formula is C25H29N5O3S2. The quantitative estimate of drug-likeness (QED) is 0.327. The molecule has 0 atom stereocenters. The Morgan fingerprint density at radius 1 is 1.06 bits per heavy atom. The fourth-order valence-corrected chi connectivity index (χ4v) is 5.32. The predicted octanol–water partition coefficient (Wildman–Crippen LogP) is 4.82. The van der Waals surface area contributed by atoms with Gasteiger partial charge in [-0.05, 0) is 36.9 Å². The molecule has 2 aromatic heterocycles. The van der Waals surface area contributed by atoms with Crippen molar-refractivity contribution in [1.82, 2.24) is 14.9 Å². The maximum atomic E-state index is 12.9. The van der Waals surface area contributed by atoms with Crippen LogP contribution < -0.4 is 15.0 Å². The van der Waals surface area contributed by atoms with Gasteiger partial charge in [-0.2, -0.15) is 0 Å². The first kappa shape index (κ1) is 25.1. The molecule has 184 valence electrons. The van der Waals surface area contributed by atoms with Crippen molar-refractivity contribution >= 4 is 49.1 Å². The molecule has 35 heavy (non-hydrogen) atoms. The van der Waals surface area contributed by atoms with E-state index in [1.54, 1.807) is 25.6 Å². The number of benzene rings is 2. The molecule has 0 spiro atoms. The fraction of sp³-hybridized carbons (Fsp3) is 0.320. The number of carbonyl (C=O) groups is 1. The molecule has 8 nitrogen and oxygen atoms in total. The number of hydrogen-bond donors (Lipinski definition) is 1. The van der Waals surface area contributed by atoms with Crippen LogP contribution in [-0.4, -0.2) is 69.3 Å². The molecule has 0 saturated carbocycles. The van der Waals surface area contributed by atoms with Gasteiger partial charge in [-0.25, -0.2) is 9.97 Å². The zero-order chi connectivity index (χ0) is 24.9. The molecule has 0 saturated heterocycles. The second kappa shape index (κ2) is 11.1. The van der Waals surface area contributed by atoms with Crippen LogP contribution in [0, 0.1) is 0 Å². The van der Waals surface area contributed by atoms with Gasteiger partial charge in [0, 0.05) is 50.8 Å². The Bertz CT molecular complexity index is 1300. The molecule has 0 unspecified atom stereocenters. The summed E-state index contributed by atoms with van der Waals surface area (Å²) in [5.41, 5.74) is 4.26. The lowest BCUT2D eigenvalue weighted by molar-refractivity contribution is 0.102. The Hall–Kier alpha value is -3.05. The number of rotatable bonds is 10. The maximum Gasteiger partial charge on any atom is 0.257 e. The Morgan fingerprint density at radius 3 is 2.49 bits per heavy atom. The molecule has 4 aromatic rings. The van der Waals surface area contributed by atoms with Crippen LogP contribution in [0.2, 0.25) is 0 Å². The molecule has 0 aliphatic rings. The van der Waals surface area contributed by atoms with Gasteiger partial charge < -0.3 is 14.4 Å². The van der Waals surface area contributed by atoms with Crippen LogP contribution >= 0.6 is 22.7 Å². The highest BCUT2D eigenvalue weighted by molar-refractivity contribution is 7.23. The molecule has 0 aliphatic carbocycles. The van der Waals surface area contributed by atoms with E-state index in [0.29, 0.717) is 28.6 Å². The van der Waals surface area contributed by atoms with Crippen LogP contribution in [-0.2, 0) is 11.3 Å². The molecule has 1 N–H and O–H groups in total. The van der Waals surface area contributed by atoms with E-state index < -0.39 is 0 Å². The summed E-state index contributed by atoms with van der Waals surface area (Å²) in [6.07, 6.45) is 0. The highest BCUT2D eigenvalue weighted by atomic mass is 32.1. The highest BCUT2D eigenvalue weighted by Crippen LogP contribution is 2.40. The van der Waals surface area contributed by atoms with E-state index in [1.165, 1.54) is 11.3 Å². The number of fused-ring (bicyclic) bond motifs is 1. The number of methoxy groups -OCH3 is 2. The van der Waals surface area contributed by atoms with E-state index in [0.717, 1.165) is 39.7 Å². The van der Waals surface area contributed by atoms with Crippen LogP contribution in [0.5, 0.6) is 5.75 Å². The smallest absolute Gasteiger partial charge is 0.257 e. The molecular weight excluding hydrogens is 482 g/mol. The van der Waals surface area contributed by atoms with Crippen molar-refractivity contribution < 1.29 is 14.3 Å². The summed E-state index contributed by atoms with van der Waals surface area (Å²) in [4.78, 5) is 26.5. The average Bonchev–Trinajstić information content (AvgIpc) is 3.50. The summed E-state index contributed by atoms with van der Waals surface area (Å²) < 4.78 is 11.6. The van der Waals surface area contributed by atoms with Gasteiger partial charge in [0.2, 0.25) is 0 Å². The van der Waals surface area contributed by atoms with Crippen LogP contribution in [0.1, 0.15) is 15.9 Å². The number of carbonyl (C=O) groups excluding carboxylic acids is 1. The summed E-state index contributed by atoms with van der Waals surface area (Å²) in [6.45, 7) is 2.32. The van der Waals surface area contributed by atoms with Gasteiger partial charge in [-0.1, -0.05) is 23.5 Å². The van der Waals surface area contributed by atoms with Crippen LogP contribution in [0.25, 0.3) is 21.5 Å². The average molecular weight is 512 g/mol. The molecule has 0 aliphatic heterocycles. The summed E-state index contributed by atoms with van der Waals surface area (Å²) in [6, 6.07) is 11.5. The topological polar surface area (TPSA) is 79.8 Å². The first-order chi connectivity index (χ1) is 16.9. The minimum absolute atomic E-state index is 0.201. The van der Waals surface area contributed by atoms with Crippen molar-refractivity contribution in [2.45, 2.75) is 6.54 Å². The van der Waals surface area contributed by atoms with E-state index in [1.807, 2.05) is 67.8 Å². The Labute approximate surface area is 213 Å². The zero-order valence-corrected chi connectivity index (χ0v) is 22.1. The van der Waals surface area contributed by atoms with Crippen molar-refractivity contribution in [3.8, 4) is 17.0 Å². The normalized spacial score (nSPS) is 11.3. The number of nitrogens with one attached hydrogen (secondary N) is 1. The minimum atomic E-state index is -0.201. The summed E-state index contributed by atoms with van der Waals surface area (Å²) in [5, 5.41) is 6.42. The van der Waals surface area contributed by atoms with Crippen LogP contribution in [0.4, 0.5) is 10.3 Å². The van der Waals surface area contributed by atoms with Gasteiger partial charge in [-0.15, -0.1) is 11.3 Å². The number of aromatic nitrogens is 2. The van der Waals surface area contributed by atoms with Gasteiger partial charge in [0.25, 0.3) is 5.91 Å². The number of ether oxygens (including phenoxy) is 2. The minimum Gasteiger partial charge on any atom is -0.494 e. The van der Waals surface area contributed by atoms with Gasteiger partial charge in [0.05, 0.1) is 24.1 Å². The van der Waals surface area contributed by atoms with Crippen LogP contribution in [0.15, 0.2) is 41.8 Å². The standard InChI is InChI=1S/C25H29N5O3S2/c1-29(2)25-26-19(15-34-25)18-10-11-20(33-5)21-22(18)35-24(27-21)28-23(31)17-8-6-16(7-9-17)14-30(3)12-13-32-4/h6-11,15H,12-14H2,1-5H3,(H,27,28,31). The van der Waals surface area contributed by atoms with Crippen molar-refractivity contribution in [3.63, 3.8) is 0 Å². The third kappa shape index (κ3) is 5.79. The van der Waals surface area contributed by atoms with Crippen molar-refractivity contribution in [3.05, 3.63) is 52.9 Å². The number of hydrogen-bond acceptors (Lipinski definition) is 9. The number of amides is 1. The summed E-state index contributed by atoms with van der Waals surface area (Å²) in [7, 11) is 9.30. The Morgan fingerprint density at radius 2 is 1.83 bits per heavy atom. The molecule has 0 fully saturated rings. The molecule has 2 heterocycles. The third-order valence-electron chi connectivity index (χ3n) is 5.44. The lowest BCUT2D eigenvalue weighted by Crippen LogP contribution is -2.22. The lowest BCUT2D eigenvalue weighted by Gasteiger charge is -2.16. The number of likely N-dealkylation sites (N-methyl/N-ethyl adjacent to an activating group) is 1. The first-order valence-corrected chi connectivity index (χ1v) is 12.8. The molecule has 0 bridgehead atoms. The molecule has 2 aromatic carbocycles. The highest BCUT2D eigenvalue weighted by Gasteiger charge is 2.18. The third-order valence-corrected chi connectivity index (χ3v) is 7.46. The van der Waals surface area contributed by atoms with Gasteiger partial charge in [0.15, 0.2) is 10.3 Å². The predicted molar refractivity (Wildman–Crippen MR) is 144 cm³/mol. The van der Waals surface area contributed by atoms with Crippen molar-refractivity contribution in [2.24, 2.45) is 0 Å². The molecule has 0 radical (unpaired) electrons. The van der Waals surface area contributed by atoms with E-state index >= 15 is 0 Å². The van der Waals surface area contributed by atoms with Gasteiger partial charge >= 0.3 is 0 Å². The molecule has 1 amide bonds. The zero-order valence-electron chi connectivity index (χ0n) is 20.5. The summed E-state index contributed by atoms with van der Waals surface area (Å²) in [5.74, 6) is 0.456. The number of anilines is 2. The Kier molecular flexibility index (Phi) is 7.97. The van der Waals surface area contributed by atoms with Crippen molar-refractivity contribution in [2.75, 3.05) is 58.7 Å². The molecule has 4 rings (SSSR count). The van der Waals surface area contributed by atoms with Gasteiger partial charge in [-0.3, -0.25) is 15.0 Å². The maximum absolute atomic E-state index is 12.9. The molecule has 10 heteroatoms. The SMILES string of the molecule is COCCN(C)Cc1ccc(C(=O)Nc2nc3c(OC)ccc(-c4csc(N(C)C)n4)c3s2)cc1. The first-order valence-electron chi connectivity index (χ1n) is 11.1. The second-order valence-electron chi connectivity index (χ2n) is 8.30. The largest absolute Gasteiger partial charge is 0.494 e.